The summed E-state index contributed by atoms with van der Waals surface area (Å²) in [6, 6.07) is -0.150. The predicted molar refractivity (Wildman–Crippen MR) is 66.1 cm³/mol. The molecular formula is C12H16ClNO3. The smallest absolute Gasteiger partial charge is 0.410 e. The molecule has 1 atom stereocenters. The summed E-state index contributed by atoms with van der Waals surface area (Å²) >= 11 is 5.49. The second kappa shape index (κ2) is 6.45. The Morgan fingerprint density at radius 1 is 1.71 bits per heavy atom. The molecule has 94 valence electrons. The summed E-state index contributed by atoms with van der Waals surface area (Å²) in [5, 5.41) is 0. The van der Waals surface area contributed by atoms with Crippen molar-refractivity contribution in [3.8, 4) is 0 Å². The SMILES string of the molecule is C=CCOC(=O)N1CCC(C(=O)CCl)=C[C@@H]1C. The first kappa shape index (κ1) is 13.8. The van der Waals surface area contributed by atoms with Crippen molar-refractivity contribution in [1.82, 2.24) is 4.90 Å². The van der Waals surface area contributed by atoms with Crippen LogP contribution in [0.2, 0.25) is 0 Å². The average molecular weight is 258 g/mol. The van der Waals surface area contributed by atoms with E-state index in [4.69, 9.17) is 16.3 Å². The summed E-state index contributed by atoms with van der Waals surface area (Å²) in [6.45, 7) is 5.99. The first-order chi connectivity index (χ1) is 8.10. The Morgan fingerprint density at radius 3 is 2.94 bits per heavy atom. The molecule has 0 aliphatic carbocycles. The van der Waals surface area contributed by atoms with Gasteiger partial charge in [0.25, 0.3) is 0 Å². The van der Waals surface area contributed by atoms with Crippen molar-refractivity contribution in [2.24, 2.45) is 0 Å². The minimum absolute atomic E-state index is 0.0144. The lowest BCUT2D eigenvalue weighted by molar-refractivity contribution is -0.113. The van der Waals surface area contributed by atoms with Crippen LogP contribution in [0, 0.1) is 0 Å². The molecule has 0 saturated carbocycles. The quantitative estimate of drug-likeness (QED) is 0.573. The molecule has 4 nitrogen and oxygen atoms in total. The van der Waals surface area contributed by atoms with Gasteiger partial charge in [-0.25, -0.2) is 4.79 Å². The van der Waals surface area contributed by atoms with Gasteiger partial charge in [-0.05, 0) is 18.9 Å². The van der Waals surface area contributed by atoms with Gasteiger partial charge in [-0.15, -0.1) is 11.6 Å². The molecule has 0 aromatic carbocycles. The third kappa shape index (κ3) is 3.60. The zero-order chi connectivity index (χ0) is 12.8. The third-order valence-electron chi connectivity index (χ3n) is 2.59. The fourth-order valence-corrected chi connectivity index (χ4v) is 1.87. The molecule has 0 fully saturated rings. The van der Waals surface area contributed by atoms with E-state index in [1.807, 2.05) is 6.92 Å². The van der Waals surface area contributed by atoms with Gasteiger partial charge in [0.2, 0.25) is 0 Å². The zero-order valence-corrected chi connectivity index (χ0v) is 10.6. The highest BCUT2D eigenvalue weighted by Gasteiger charge is 2.26. The molecule has 0 N–H and O–H groups in total. The summed E-state index contributed by atoms with van der Waals surface area (Å²) < 4.78 is 4.95. The molecule has 1 heterocycles. The molecule has 0 saturated heterocycles. The maximum Gasteiger partial charge on any atom is 0.410 e. The fourth-order valence-electron chi connectivity index (χ4n) is 1.70. The number of carbonyl (C=O) groups excluding carboxylic acids is 2. The molecule has 0 spiro atoms. The molecular weight excluding hydrogens is 242 g/mol. The molecule has 1 amide bonds. The summed E-state index contributed by atoms with van der Waals surface area (Å²) in [5.41, 5.74) is 0.695. The summed E-state index contributed by atoms with van der Waals surface area (Å²) in [6.07, 6.45) is 3.43. The van der Waals surface area contributed by atoms with Crippen molar-refractivity contribution in [3.05, 3.63) is 24.3 Å². The van der Waals surface area contributed by atoms with Crippen LogP contribution >= 0.6 is 11.6 Å². The van der Waals surface area contributed by atoms with Crippen LogP contribution in [0.4, 0.5) is 4.79 Å². The second-order valence-corrected chi connectivity index (χ2v) is 4.07. The Hall–Kier alpha value is -1.29. The van der Waals surface area contributed by atoms with Crippen LogP contribution in [-0.2, 0) is 9.53 Å². The summed E-state index contributed by atoms with van der Waals surface area (Å²) in [5.74, 6) is -0.0861. The fraction of sp³-hybridized carbons (Fsp3) is 0.500. The molecule has 0 bridgehead atoms. The number of rotatable bonds is 4. The van der Waals surface area contributed by atoms with E-state index in [2.05, 4.69) is 6.58 Å². The normalized spacial score (nSPS) is 19.5. The van der Waals surface area contributed by atoms with Crippen LogP contribution in [0.5, 0.6) is 0 Å². The standard InChI is InChI=1S/C12H16ClNO3/c1-3-6-17-12(16)14-5-4-10(7-9(14)2)11(15)8-13/h3,7,9H,1,4-6,8H2,2H3/t9-/m0/s1. The van der Waals surface area contributed by atoms with E-state index >= 15 is 0 Å². The molecule has 0 aromatic heterocycles. The van der Waals surface area contributed by atoms with Crippen molar-refractivity contribution in [3.63, 3.8) is 0 Å². The van der Waals surface area contributed by atoms with Gasteiger partial charge in [-0.3, -0.25) is 4.79 Å². The van der Waals surface area contributed by atoms with E-state index in [1.54, 1.807) is 11.0 Å². The number of carbonyl (C=O) groups is 2. The van der Waals surface area contributed by atoms with Crippen LogP contribution in [0.1, 0.15) is 13.3 Å². The molecule has 0 radical (unpaired) electrons. The van der Waals surface area contributed by atoms with Gasteiger partial charge in [-0.1, -0.05) is 18.7 Å². The van der Waals surface area contributed by atoms with E-state index in [0.717, 1.165) is 0 Å². The highest BCUT2D eigenvalue weighted by molar-refractivity contribution is 6.30. The van der Waals surface area contributed by atoms with E-state index < -0.39 is 0 Å². The van der Waals surface area contributed by atoms with Crippen molar-refractivity contribution in [2.75, 3.05) is 19.0 Å². The summed E-state index contributed by atoms with van der Waals surface area (Å²) in [4.78, 5) is 24.6. The van der Waals surface area contributed by atoms with Crippen LogP contribution in [-0.4, -0.2) is 41.8 Å². The lowest BCUT2D eigenvalue weighted by atomic mass is 10.0. The minimum atomic E-state index is -0.383. The largest absolute Gasteiger partial charge is 0.445 e. The van der Waals surface area contributed by atoms with Gasteiger partial charge >= 0.3 is 6.09 Å². The molecule has 1 rings (SSSR count). The van der Waals surface area contributed by atoms with Gasteiger partial charge in [0.15, 0.2) is 5.78 Å². The van der Waals surface area contributed by atoms with E-state index in [9.17, 15) is 9.59 Å². The zero-order valence-electron chi connectivity index (χ0n) is 9.82. The van der Waals surface area contributed by atoms with Crippen molar-refractivity contribution >= 4 is 23.5 Å². The number of nitrogens with zero attached hydrogens (tertiary/aromatic N) is 1. The van der Waals surface area contributed by atoms with Gasteiger partial charge < -0.3 is 9.64 Å². The first-order valence-corrected chi connectivity index (χ1v) is 5.97. The van der Waals surface area contributed by atoms with Gasteiger partial charge in [0.05, 0.1) is 11.9 Å². The Bertz CT molecular complexity index is 352. The second-order valence-electron chi connectivity index (χ2n) is 3.80. The lowest BCUT2D eigenvalue weighted by Gasteiger charge is -2.30. The molecule has 1 aliphatic heterocycles. The molecule has 17 heavy (non-hydrogen) atoms. The van der Waals surface area contributed by atoms with Crippen LogP contribution < -0.4 is 0 Å². The van der Waals surface area contributed by atoms with Crippen molar-refractivity contribution in [1.29, 1.82) is 0 Å². The highest BCUT2D eigenvalue weighted by atomic mass is 35.5. The average Bonchev–Trinajstić information content (AvgIpc) is 2.34. The number of hydrogen-bond donors (Lipinski definition) is 0. The molecule has 0 unspecified atom stereocenters. The number of ether oxygens (including phenoxy) is 1. The van der Waals surface area contributed by atoms with Crippen molar-refractivity contribution in [2.45, 2.75) is 19.4 Å². The predicted octanol–water partition coefficient (Wildman–Crippen LogP) is 2.14. The number of alkyl halides is 1. The van der Waals surface area contributed by atoms with E-state index in [0.29, 0.717) is 18.5 Å². The van der Waals surface area contributed by atoms with Gasteiger partial charge in [-0.2, -0.15) is 0 Å². The lowest BCUT2D eigenvalue weighted by Crippen LogP contribution is -2.42. The minimum Gasteiger partial charge on any atom is -0.445 e. The maximum atomic E-state index is 11.6. The van der Waals surface area contributed by atoms with Crippen LogP contribution in [0.15, 0.2) is 24.3 Å². The Labute approximate surface area is 106 Å². The number of halogens is 1. The van der Waals surface area contributed by atoms with Crippen LogP contribution in [0.25, 0.3) is 0 Å². The van der Waals surface area contributed by atoms with E-state index in [1.165, 1.54) is 6.08 Å². The third-order valence-corrected chi connectivity index (χ3v) is 2.84. The molecule has 1 aliphatic rings. The Morgan fingerprint density at radius 2 is 2.41 bits per heavy atom. The molecule has 5 heteroatoms. The Balaban J connectivity index is 2.64. The van der Waals surface area contributed by atoms with Crippen molar-refractivity contribution < 1.29 is 14.3 Å². The first-order valence-electron chi connectivity index (χ1n) is 5.44. The monoisotopic (exact) mass is 257 g/mol. The topological polar surface area (TPSA) is 46.6 Å². The number of ketones is 1. The number of hydrogen-bond acceptors (Lipinski definition) is 3. The Kier molecular flexibility index (Phi) is 5.22. The highest BCUT2D eigenvalue weighted by Crippen LogP contribution is 2.18. The van der Waals surface area contributed by atoms with Gasteiger partial charge in [0, 0.05) is 6.54 Å². The van der Waals surface area contributed by atoms with Crippen LogP contribution in [0.3, 0.4) is 0 Å². The van der Waals surface area contributed by atoms with E-state index in [-0.39, 0.29) is 30.4 Å². The number of Topliss-reactive ketones (excluding diaryl/α,β-unsaturated/α-hetero) is 1. The van der Waals surface area contributed by atoms with Gasteiger partial charge in [0.1, 0.15) is 6.61 Å². The summed E-state index contributed by atoms with van der Waals surface area (Å²) in [7, 11) is 0. The number of amides is 1. The molecule has 0 aromatic rings. The maximum absolute atomic E-state index is 11.6.